The second-order valence-electron chi connectivity index (χ2n) is 7.32. The van der Waals surface area contributed by atoms with E-state index in [0.29, 0.717) is 39.3 Å². The third-order valence-electron chi connectivity index (χ3n) is 4.69. The summed E-state index contributed by atoms with van der Waals surface area (Å²) in [5.74, 6) is -0.749. The normalized spacial score (nSPS) is 10.9. The molecule has 0 bridgehead atoms. The van der Waals surface area contributed by atoms with Gasteiger partial charge < -0.3 is 9.47 Å². The lowest BCUT2D eigenvalue weighted by Gasteiger charge is -2.07. The van der Waals surface area contributed by atoms with Crippen molar-refractivity contribution < 1.29 is 23.5 Å². The van der Waals surface area contributed by atoms with Crippen LogP contribution in [0.15, 0.2) is 91.5 Å². The van der Waals surface area contributed by atoms with Gasteiger partial charge in [0.25, 0.3) is 0 Å². The number of hydrogen-bond donors (Lipinski definition) is 0. The zero-order valence-electron chi connectivity index (χ0n) is 18.7. The van der Waals surface area contributed by atoms with Gasteiger partial charge in [0.05, 0.1) is 0 Å². The first kappa shape index (κ1) is 24.1. The van der Waals surface area contributed by atoms with Gasteiger partial charge in [-0.15, -0.1) is 0 Å². The van der Waals surface area contributed by atoms with Gasteiger partial charge in [-0.2, -0.15) is 0 Å². The van der Waals surface area contributed by atoms with Crippen LogP contribution in [0.2, 0.25) is 0 Å². The van der Waals surface area contributed by atoms with Gasteiger partial charge >= 0.3 is 11.9 Å². The summed E-state index contributed by atoms with van der Waals surface area (Å²) in [4.78, 5) is 23.4. The van der Waals surface area contributed by atoms with Crippen LogP contribution in [0, 0.1) is 5.82 Å². The van der Waals surface area contributed by atoms with Gasteiger partial charge in [0.2, 0.25) is 0 Å². The number of rotatable bonds is 8. The summed E-state index contributed by atoms with van der Waals surface area (Å²) in [6.45, 7) is 8.54. The lowest BCUT2D eigenvalue weighted by atomic mass is 10.1. The summed E-state index contributed by atoms with van der Waals surface area (Å²) in [6.07, 6.45) is 7.83. The second-order valence-corrected chi connectivity index (χ2v) is 7.32. The summed E-state index contributed by atoms with van der Waals surface area (Å²) < 4.78 is 25.3. The Labute approximate surface area is 198 Å². The van der Waals surface area contributed by atoms with Crippen LogP contribution in [0.5, 0.6) is 11.5 Å². The molecule has 34 heavy (non-hydrogen) atoms. The number of benzene rings is 3. The van der Waals surface area contributed by atoms with E-state index in [4.69, 9.17) is 9.47 Å². The molecule has 0 saturated carbocycles. The van der Waals surface area contributed by atoms with Crippen molar-refractivity contribution in [1.29, 1.82) is 0 Å². The van der Waals surface area contributed by atoms with Crippen LogP contribution in [0.1, 0.15) is 29.2 Å². The van der Waals surface area contributed by atoms with Gasteiger partial charge in [0, 0.05) is 28.3 Å². The second kappa shape index (κ2) is 11.4. The highest BCUT2D eigenvalue weighted by Gasteiger charge is 2.08. The Hall–Kier alpha value is -4.51. The molecule has 0 spiro atoms. The Morgan fingerprint density at radius 3 is 1.94 bits per heavy atom. The first-order valence-corrected chi connectivity index (χ1v) is 10.4. The molecule has 4 nitrogen and oxygen atoms in total. The van der Waals surface area contributed by atoms with Gasteiger partial charge in [-0.1, -0.05) is 86.0 Å². The third kappa shape index (κ3) is 6.50. The SMILES string of the molecule is C=CC(=O)Oc1ccccc1C=Cc1ccc(C=Cc2ccccc2OC(=O)C(=C)C)cc1F. The molecule has 3 rings (SSSR count). The van der Waals surface area contributed by atoms with Crippen LogP contribution in [0.4, 0.5) is 4.39 Å². The lowest BCUT2D eigenvalue weighted by Crippen LogP contribution is -2.08. The minimum absolute atomic E-state index is 0.297. The van der Waals surface area contributed by atoms with E-state index in [0.717, 1.165) is 6.08 Å². The molecule has 0 unspecified atom stereocenters. The fraction of sp³-hybridized carbons (Fsp3) is 0.0345. The van der Waals surface area contributed by atoms with Gasteiger partial charge in [-0.3, -0.25) is 0 Å². The molecule has 5 heteroatoms. The largest absolute Gasteiger partial charge is 0.423 e. The molecule has 170 valence electrons. The van der Waals surface area contributed by atoms with Gasteiger partial charge in [0.15, 0.2) is 0 Å². The predicted octanol–water partition coefficient (Wildman–Crippen LogP) is 6.74. The first-order valence-electron chi connectivity index (χ1n) is 10.4. The van der Waals surface area contributed by atoms with Gasteiger partial charge in [0.1, 0.15) is 17.3 Å². The molecule has 0 amide bonds. The molecule has 3 aromatic rings. The topological polar surface area (TPSA) is 52.6 Å². The quantitative estimate of drug-likeness (QED) is 0.164. The number of ether oxygens (including phenoxy) is 2. The zero-order chi connectivity index (χ0) is 24.5. The van der Waals surface area contributed by atoms with E-state index in [2.05, 4.69) is 13.2 Å². The summed E-state index contributed by atoms with van der Waals surface area (Å²) in [5.41, 5.74) is 2.61. The minimum Gasteiger partial charge on any atom is -0.423 e. The standard InChI is InChI=1S/C29H23FO4/c1-4-28(31)33-26-11-7-5-10-24(26)18-17-22-15-13-21(19-25(22)30)14-16-23-9-6-8-12-27(23)34-29(32)20(2)3/h4-19H,1-2H2,3H3. The van der Waals surface area contributed by atoms with Crippen molar-refractivity contribution in [3.63, 3.8) is 0 Å². The van der Waals surface area contributed by atoms with Crippen LogP contribution < -0.4 is 9.47 Å². The Morgan fingerprint density at radius 2 is 1.35 bits per heavy atom. The van der Waals surface area contributed by atoms with Crippen molar-refractivity contribution in [3.8, 4) is 11.5 Å². The Morgan fingerprint density at radius 1 is 0.794 bits per heavy atom. The highest BCUT2D eigenvalue weighted by molar-refractivity contribution is 5.89. The monoisotopic (exact) mass is 454 g/mol. The Kier molecular flexibility index (Phi) is 8.08. The molecule has 0 fully saturated rings. The molecule has 0 aliphatic rings. The maximum absolute atomic E-state index is 14.7. The van der Waals surface area contributed by atoms with E-state index in [-0.39, 0.29) is 0 Å². The number of carbonyl (C=O) groups is 2. The maximum atomic E-state index is 14.7. The molecule has 0 saturated heterocycles. The van der Waals surface area contributed by atoms with E-state index in [1.807, 2.05) is 6.07 Å². The molecule has 0 radical (unpaired) electrons. The molecule has 0 aliphatic heterocycles. The Bertz CT molecular complexity index is 1300. The molecule has 0 heterocycles. The molecule has 0 atom stereocenters. The molecular weight excluding hydrogens is 431 g/mol. The van der Waals surface area contributed by atoms with E-state index < -0.39 is 17.8 Å². The van der Waals surface area contributed by atoms with Crippen molar-refractivity contribution in [3.05, 3.63) is 120 Å². The molecule has 0 aliphatic carbocycles. The maximum Gasteiger partial charge on any atom is 0.338 e. The summed E-state index contributed by atoms with van der Waals surface area (Å²) in [6, 6.07) is 18.8. The number of esters is 2. The van der Waals surface area contributed by atoms with Crippen molar-refractivity contribution in [2.75, 3.05) is 0 Å². The van der Waals surface area contributed by atoms with Gasteiger partial charge in [-0.05, 0) is 30.7 Å². The van der Waals surface area contributed by atoms with E-state index >= 15 is 0 Å². The molecule has 0 N–H and O–H groups in total. The fourth-order valence-electron chi connectivity index (χ4n) is 2.91. The van der Waals surface area contributed by atoms with Crippen LogP contribution in [0.3, 0.4) is 0 Å². The van der Waals surface area contributed by atoms with Crippen LogP contribution in [-0.2, 0) is 9.59 Å². The van der Waals surface area contributed by atoms with Crippen molar-refractivity contribution in [2.24, 2.45) is 0 Å². The summed E-state index contributed by atoms with van der Waals surface area (Å²) in [5, 5.41) is 0. The van der Waals surface area contributed by atoms with Crippen molar-refractivity contribution >= 4 is 36.2 Å². The lowest BCUT2D eigenvalue weighted by molar-refractivity contribution is -0.130. The number of carbonyl (C=O) groups excluding carboxylic acids is 2. The first-order chi connectivity index (χ1) is 16.4. The van der Waals surface area contributed by atoms with Crippen LogP contribution in [-0.4, -0.2) is 11.9 Å². The van der Waals surface area contributed by atoms with E-state index in [1.54, 1.807) is 85.8 Å². The summed E-state index contributed by atoms with van der Waals surface area (Å²) >= 11 is 0. The third-order valence-corrected chi connectivity index (χ3v) is 4.69. The molecular formula is C29H23FO4. The fourth-order valence-corrected chi connectivity index (χ4v) is 2.91. The van der Waals surface area contributed by atoms with Crippen LogP contribution in [0.25, 0.3) is 24.3 Å². The average Bonchev–Trinajstić information content (AvgIpc) is 2.83. The van der Waals surface area contributed by atoms with E-state index in [1.165, 1.54) is 6.07 Å². The number of para-hydroxylation sites is 2. The average molecular weight is 454 g/mol. The highest BCUT2D eigenvalue weighted by Crippen LogP contribution is 2.24. The molecule has 3 aromatic carbocycles. The van der Waals surface area contributed by atoms with Crippen LogP contribution >= 0.6 is 0 Å². The highest BCUT2D eigenvalue weighted by atomic mass is 19.1. The van der Waals surface area contributed by atoms with E-state index in [9.17, 15) is 14.0 Å². The predicted molar refractivity (Wildman–Crippen MR) is 133 cm³/mol. The minimum atomic E-state index is -0.570. The number of hydrogen-bond acceptors (Lipinski definition) is 4. The van der Waals surface area contributed by atoms with Crippen molar-refractivity contribution in [1.82, 2.24) is 0 Å². The van der Waals surface area contributed by atoms with Crippen molar-refractivity contribution in [2.45, 2.75) is 6.92 Å². The molecule has 0 aromatic heterocycles. The Balaban J connectivity index is 1.78. The smallest absolute Gasteiger partial charge is 0.338 e. The summed E-state index contributed by atoms with van der Waals surface area (Å²) in [7, 11) is 0. The number of halogens is 1. The van der Waals surface area contributed by atoms with Gasteiger partial charge in [-0.25, -0.2) is 14.0 Å². The zero-order valence-corrected chi connectivity index (χ0v) is 18.7.